The van der Waals surface area contributed by atoms with Gasteiger partial charge in [-0.1, -0.05) is 0 Å². The molecule has 1 aliphatic rings. The zero-order valence-electron chi connectivity index (χ0n) is 14.3. The Balaban J connectivity index is 0.000000817. The predicted octanol–water partition coefficient (Wildman–Crippen LogP) is 1.19. The molecule has 0 radical (unpaired) electrons. The van der Waals surface area contributed by atoms with Gasteiger partial charge in [0, 0.05) is 38.1 Å². The number of sulfonamides is 1. The Morgan fingerprint density at radius 3 is 2.56 bits per heavy atom. The summed E-state index contributed by atoms with van der Waals surface area (Å²) in [7, 11) is -3.42. The van der Waals surface area contributed by atoms with Crippen molar-refractivity contribution in [3.05, 3.63) is 42.2 Å². The van der Waals surface area contributed by atoms with Crippen LogP contribution in [0.25, 0.3) is 11.4 Å². The van der Waals surface area contributed by atoms with Crippen molar-refractivity contribution < 1.29 is 31.8 Å². The van der Waals surface area contributed by atoms with Crippen LogP contribution in [0.4, 0.5) is 8.78 Å². The average molecular weight is 403 g/mol. The standard InChI is InChI=1S/C15H17F2N3O3S.CH2O2/c16-12-1-2-13(14(17)11-12)15-18-3-4-19(15)7-10-24(21,22)20-5-8-23-9-6-20;2-1-3/h1-4,11H,5-10H2;1H,(H,2,3). The fourth-order valence-corrected chi connectivity index (χ4v) is 3.96. The summed E-state index contributed by atoms with van der Waals surface area (Å²) in [6.45, 7) is 1.33. The smallest absolute Gasteiger partial charge is 0.290 e. The minimum Gasteiger partial charge on any atom is -0.483 e. The van der Waals surface area contributed by atoms with Gasteiger partial charge in [-0.3, -0.25) is 4.79 Å². The van der Waals surface area contributed by atoms with Crippen LogP contribution in [0.3, 0.4) is 0 Å². The highest BCUT2D eigenvalue weighted by atomic mass is 32.2. The Labute approximate surface area is 155 Å². The third-order valence-electron chi connectivity index (χ3n) is 3.84. The molecule has 0 bridgehead atoms. The van der Waals surface area contributed by atoms with E-state index in [4.69, 9.17) is 14.6 Å². The lowest BCUT2D eigenvalue weighted by Crippen LogP contribution is -2.42. The molecular weight excluding hydrogens is 384 g/mol. The van der Waals surface area contributed by atoms with E-state index in [2.05, 4.69) is 4.98 Å². The van der Waals surface area contributed by atoms with Crippen LogP contribution in [-0.2, 0) is 26.1 Å². The van der Waals surface area contributed by atoms with Crippen LogP contribution in [0.1, 0.15) is 0 Å². The number of hydrogen-bond donors (Lipinski definition) is 1. The molecule has 0 unspecified atom stereocenters. The average Bonchev–Trinajstić information content (AvgIpc) is 3.10. The molecule has 148 valence electrons. The molecule has 8 nitrogen and oxygen atoms in total. The maximum Gasteiger partial charge on any atom is 0.290 e. The molecule has 0 atom stereocenters. The van der Waals surface area contributed by atoms with Crippen molar-refractivity contribution in [1.82, 2.24) is 13.9 Å². The number of aromatic nitrogens is 2. The highest BCUT2D eigenvalue weighted by Crippen LogP contribution is 2.22. The fourth-order valence-electron chi connectivity index (χ4n) is 2.57. The van der Waals surface area contributed by atoms with Gasteiger partial charge < -0.3 is 14.4 Å². The second-order valence-electron chi connectivity index (χ2n) is 5.50. The molecule has 1 aromatic heterocycles. The van der Waals surface area contributed by atoms with E-state index in [-0.39, 0.29) is 30.2 Å². The van der Waals surface area contributed by atoms with E-state index >= 15 is 0 Å². The third kappa shape index (κ3) is 5.55. The Kier molecular flexibility index (Phi) is 7.39. The molecule has 2 aromatic rings. The number of carbonyl (C=O) groups is 1. The topological polar surface area (TPSA) is 102 Å². The van der Waals surface area contributed by atoms with Gasteiger partial charge in [-0.2, -0.15) is 4.31 Å². The van der Waals surface area contributed by atoms with E-state index < -0.39 is 21.7 Å². The first kappa shape index (κ1) is 20.9. The van der Waals surface area contributed by atoms with Gasteiger partial charge in [-0.15, -0.1) is 0 Å². The molecule has 27 heavy (non-hydrogen) atoms. The second-order valence-corrected chi connectivity index (χ2v) is 7.59. The highest BCUT2D eigenvalue weighted by molar-refractivity contribution is 7.89. The summed E-state index contributed by atoms with van der Waals surface area (Å²) >= 11 is 0. The second kappa shape index (κ2) is 9.53. The minimum absolute atomic E-state index is 0.126. The van der Waals surface area contributed by atoms with E-state index in [0.717, 1.165) is 12.1 Å². The number of nitrogens with zero attached hydrogens (tertiary/aromatic N) is 3. The van der Waals surface area contributed by atoms with Gasteiger partial charge >= 0.3 is 0 Å². The molecule has 1 saturated heterocycles. The predicted molar refractivity (Wildman–Crippen MR) is 92.5 cm³/mol. The molecule has 1 aromatic carbocycles. The fraction of sp³-hybridized carbons (Fsp3) is 0.375. The van der Waals surface area contributed by atoms with Gasteiger partial charge in [0.1, 0.15) is 17.5 Å². The van der Waals surface area contributed by atoms with Crippen molar-refractivity contribution in [2.24, 2.45) is 0 Å². The molecule has 1 N–H and O–H groups in total. The van der Waals surface area contributed by atoms with E-state index in [9.17, 15) is 17.2 Å². The SMILES string of the molecule is O=CO.O=S(=O)(CCn1ccnc1-c1ccc(F)cc1F)N1CCOCC1. The molecule has 0 spiro atoms. The Morgan fingerprint density at radius 2 is 1.93 bits per heavy atom. The Hall–Kier alpha value is -2.37. The molecule has 1 aliphatic heterocycles. The molecule has 1 fully saturated rings. The lowest BCUT2D eigenvalue weighted by molar-refractivity contribution is -0.122. The van der Waals surface area contributed by atoms with Crippen molar-refractivity contribution >= 4 is 16.5 Å². The summed E-state index contributed by atoms with van der Waals surface area (Å²) in [5, 5.41) is 6.89. The number of hydrogen-bond acceptors (Lipinski definition) is 5. The van der Waals surface area contributed by atoms with Gasteiger partial charge in [0.25, 0.3) is 6.47 Å². The maximum absolute atomic E-state index is 13.9. The molecule has 0 amide bonds. The normalized spacial score (nSPS) is 15.0. The van der Waals surface area contributed by atoms with Crippen LogP contribution in [0, 0.1) is 11.6 Å². The van der Waals surface area contributed by atoms with Crippen molar-refractivity contribution in [1.29, 1.82) is 0 Å². The van der Waals surface area contributed by atoms with E-state index in [1.54, 1.807) is 10.8 Å². The van der Waals surface area contributed by atoms with Gasteiger partial charge in [0.15, 0.2) is 0 Å². The maximum atomic E-state index is 13.9. The van der Waals surface area contributed by atoms with Crippen molar-refractivity contribution in [2.45, 2.75) is 6.54 Å². The first-order valence-electron chi connectivity index (χ1n) is 7.99. The first-order valence-corrected chi connectivity index (χ1v) is 9.60. The molecular formula is C16H19F2N3O5S. The zero-order chi connectivity index (χ0) is 19.9. The summed E-state index contributed by atoms with van der Waals surface area (Å²) in [5.74, 6) is -1.27. The molecule has 11 heteroatoms. The Morgan fingerprint density at radius 1 is 1.26 bits per heavy atom. The van der Waals surface area contributed by atoms with Crippen LogP contribution >= 0.6 is 0 Å². The van der Waals surface area contributed by atoms with Gasteiger partial charge in [-0.25, -0.2) is 22.2 Å². The quantitative estimate of drug-likeness (QED) is 0.753. The first-order chi connectivity index (χ1) is 12.9. The summed E-state index contributed by atoms with van der Waals surface area (Å²) < 4.78 is 59.8. The van der Waals surface area contributed by atoms with E-state index in [1.165, 1.54) is 16.6 Å². The van der Waals surface area contributed by atoms with Gasteiger partial charge in [0.2, 0.25) is 10.0 Å². The molecule has 0 saturated carbocycles. The summed E-state index contributed by atoms with van der Waals surface area (Å²) in [6, 6.07) is 3.21. The van der Waals surface area contributed by atoms with Crippen molar-refractivity contribution in [2.75, 3.05) is 32.1 Å². The molecule has 2 heterocycles. The van der Waals surface area contributed by atoms with Crippen LogP contribution in [0.15, 0.2) is 30.6 Å². The summed E-state index contributed by atoms with van der Waals surface area (Å²) in [4.78, 5) is 12.4. The monoisotopic (exact) mass is 403 g/mol. The molecule has 3 rings (SSSR count). The zero-order valence-corrected chi connectivity index (χ0v) is 15.1. The van der Waals surface area contributed by atoms with Crippen molar-refractivity contribution in [3.63, 3.8) is 0 Å². The number of imidazole rings is 1. The van der Waals surface area contributed by atoms with Crippen LogP contribution in [0.5, 0.6) is 0 Å². The Bertz CT molecular complexity index is 867. The lowest BCUT2D eigenvalue weighted by atomic mass is 10.2. The van der Waals surface area contributed by atoms with Crippen LogP contribution in [-0.4, -0.2) is 65.9 Å². The van der Waals surface area contributed by atoms with E-state index in [1.807, 2.05) is 0 Å². The number of morpholine rings is 1. The highest BCUT2D eigenvalue weighted by Gasteiger charge is 2.24. The van der Waals surface area contributed by atoms with Crippen LogP contribution < -0.4 is 0 Å². The minimum atomic E-state index is -3.42. The van der Waals surface area contributed by atoms with E-state index in [0.29, 0.717) is 26.3 Å². The van der Waals surface area contributed by atoms with Gasteiger partial charge in [0.05, 0.1) is 24.5 Å². The summed E-state index contributed by atoms with van der Waals surface area (Å²) in [6.07, 6.45) is 3.03. The number of ether oxygens (including phenoxy) is 1. The van der Waals surface area contributed by atoms with Crippen LogP contribution in [0.2, 0.25) is 0 Å². The summed E-state index contributed by atoms with van der Waals surface area (Å²) in [5.41, 5.74) is 0.130. The lowest BCUT2D eigenvalue weighted by Gasteiger charge is -2.26. The number of aryl methyl sites for hydroxylation is 1. The molecule has 0 aliphatic carbocycles. The number of benzene rings is 1. The number of rotatable bonds is 5. The number of halogens is 2. The largest absolute Gasteiger partial charge is 0.483 e. The van der Waals surface area contributed by atoms with Gasteiger partial charge in [-0.05, 0) is 12.1 Å². The third-order valence-corrected chi connectivity index (χ3v) is 5.69. The van der Waals surface area contributed by atoms with Crippen molar-refractivity contribution in [3.8, 4) is 11.4 Å². The number of carboxylic acid groups (broad SMARTS) is 1.